The summed E-state index contributed by atoms with van der Waals surface area (Å²) in [7, 11) is -4.81. The van der Waals surface area contributed by atoms with Crippen LogP contribution in [0.4, 0.5) is 0 Å². The molecule has 95 valence electrons. The summed E-state index contributed by atoms with van der Waals surface area (Å²) in [6.07, 6.45) is -4.92. The van der Waals surface area contributed by atoms with Gasteiger partial charge in [-0.25, -0.2) is 0 Å². The third-order valence-corrected chi connectivity index (χ3v) is 2.64. The maximum atomic E-state index is 10.5. The maximum Gasteiger partial charge on any atom is 0.335 e. The number of hydrogen-bond donors (Lipinski definition) is 6. The lowest BCUT2D eigenvalue weighted by Crippen LogP contribution is -2.66. The summed E-state index contributed by atoms with van der Waals surface area (Å²) in [6.45, 7) is -0.171. The van der Waals surface area contributed by atoms with Crippen LogP contribution in [0.2, 0.25) is 0 Å². The van der Waals surface area contributed by atoms with Crippen molar-refractivity contribution in [3.63, 3.8) is 0 Å². The molecule has 1 aliphatic rings. The van der Waals surface area contributed by atoms with Gasteiger partial charge in [0.25, 0.3) is 0 Å². The lowest BCUT2D eigenvalue weighted by molar-refractivity contribution is -0.216. The first kappa shape index (κ1) is 13.7. The highest BCUT2D eigenvalue weighted by Gasteiger charge is 2.50. The predicted molar refractivity (Wildman–Crippen MR) is 47.9 cm³/mol. The van der Waals surface area contributed by atoms with Crippen LogP contribution >= 0.6 is 0 Å². The molecule has 0 spiro atoms. The van der Waals surface area contributed by atoms with Gasteiger partial charge in [-0.3, -0.25) is 4.55 Å². The fraction of sp³-hybridized carbons (Fsp3) is 0.833. The molecule has 0 unspecified atom stereocenters. The Kier molecular flexibility index (Phi) is 3.87. The second-order valence-corrected chi connectivity index (χ2v) is 4.47. The zero-order valence-corrected chi connectivity index (χ0v) is 8.70. The quantitative estimate of drug-likeness (QED) is 0.223. The first-order chi connectivity index (χ1) is 7.19. The van der Waals surface area contributed by atoms with Gasteiger partial charge in [0.1, 0.15) is 24.9 Å². The van der Waals surface area contributed by atoms with Gasteiger partial charge in [0, 0.05) is 0 Å². The van der Waals surface area contributed by atoms with E-state index in [0.717, 1.165) is 0 Å². The molecule has 1 saturated heterocycles. The molecule has 10 heteroatoms. The van der Waals surface area contributed by atoms with Crippen LogP contribution in [-0.2, 0) is 15.0 Å². The predicted octanol–water partition coefficient (Wildman–Crippen LogP) is -3.66. The van der Waals surface area contributed by atoms with Gasteiger partial charge >= 0.3 is 10.3 Å². The Labute approximate surface area is 91.2 Å². The standard InChI is InChI=1S/C6H12NO8S/c8-1-3-4(9)5(10)6(11,2-15-3)7-16(12,13)14/h2-5,7-11H,1H2,(H,12,13,14)/t3-,4-,5+,6+/m1/s1. The van der Waals surface area contributed by atoms with Crippen molar-refractivity contribution in [2.45, 2.75) is 24.0 Å². The van der Waals surface area contributed by atoms with Crippen molar-refractivity contribution in [3.05, 3.63) is 6.61 Å². The number of ether oxygens (including phenoxy) is 1. The Morgan fingerprint density at radius 1 is 1.44 bits per heavy atom. The van der Waals surface area contributed by atoms with E-state index < -0.39 is 40.9 Å². The van der Waals surface area contributed by atoms with Crippen molar-refractivity contribution in [2.24, 2.45) is 0 Å². The molecular weight excluding hydrogens is 246 g/mol. The topological polar surface area (TPSA) is 157 Å². The van der Waals surface area contributed by atoms with Gasteiger partial charge in [0.05, 0.1) is 6.61 Å². The number of hydrogen-bond acceptors (Lipinski definition) is 7. The summed E-state index contributed by atoms with van der Waals surface area (Å²) in [5.74, 6) is 0. The highest BCUT2D eigenvalue weighted by atomic mass is 32.2. The molecule has 1 rings (SSSR count). The highest BCUT2D eigenvalue weighted by Crippen LogP contribution is 2.25. The van der Waals surface area contributed by atoms with Crippen molar-refractivity contribution in [1.29, 1.82) is 0 Å². The van der Waals surface area contributed by atoms with Crippen molar-refractivity contribution in [1.82, 2.24) is 4.72 Å². The molecule has 9 nitrogen and oxygen atoms in total. The maximum absolute atomic E-state index is 10.5. The largest absolute Gasteiger partial charge is 0.394 e. The van der Waals surface area contributed by atoms with E-state index in [2.05, 4.69) is 4.74 Å². The van der Waals surface area contributed by atoms with Gasteiger partial charge in [-0.1, -0.05) is 0 Å². The fourth-order valence-corrected chi connectivity index (χ4v) is 1.83. The molecule has 16 heavy (non-hydrogen) atoms. The Hall–Kier alpha value is -0.330. The average molecular weight is 258 g/mol. The third kappa shape index (κ3) is 2.87. The molecule has 0 aromatic carbocycles. The van der Waals surface area contributed by atoms with Crippen molar-refractivity contribution < 1.29 is 38.1 Å². The van der Waals surface area contributed by atoms with Crippen molar-refractivity contribution in [2.75, 3.05) is 6.61 Å². The Balaban J connectivity index is 2.84. The van der Waals surface area contributed by atoms with E-state index in [9.17, 15) is 23.7 Å². The molecule has 1 aliphatic heterocycles. The SMILES string of the molecule is O=S(=O)(O)N[C@]1(O)[CH]O[C@H](CO)[C@@H](O)[C@@H]1O. The molecule has 0 aromatic heterocycles. The van der Waals surface area contributed by atoms with Gasteiger partial charge in [-0.15, -0.1) is 0 Å². The minimum atomic E-state index is -4.81. The van der Waals surface area contributed by atoms with Gasteiger partial charge in [-0.05, 0) is 0 Å². The molecule has 6 N–H and O–H groups in total. The van der Waals surface area contributed by atoms with E-state index in [0.29, 0.717) is 6.61 Å². The van der Waals surface area contributed by atoms with Gasteiger partial charge in [-0.2, -0.15) is 13.1 Å². The summed E-state index contributed by atoms with van der Waals surface area (Å²) < 4.78 is 35.3. The van der Waals surface area contributed by atoms with E-state index in [4.69, 9.17) is 9.66 Å². The molecule has 0 aliphatic carbocycles. The van der Waals surface area contributed by atoms with Crippen molar-refractivity contribution >= 4 is 10.3 Å². The first-order valence-electron chi connectivity index (χ1n) is 4.15. The van der Waals surface area contributed by atoms with Crippen LogP contribution in [0.15, 0.2) is 0 Å². The Morgan fingerprint density at radius 3 is 2.44 bits per heavy atom. The van der Waals surface area contributed by atoms with Crippen LogP contribution in [0.1, 0.15) is 0 Å². The fourth-order valence-electron chi connectivity index (χ4n) is 1.25. The van der Waals surface area contributed by atoms with E-state index >= 15 is 0 Å². The third-order valence-electron chi connectivity index (χ3n) is 2.05. The van der Waals surface area contributed by atoms with E-state index in [1.165, 1.54) is 4.72 Å². The molecule has 4 atom stereocenters. The summed E-state index contributed by atoms with van der Waals surface area (Å²) in [5, 5.41) is 37.0. The summed E-state index contributed by atoms with van der Waals surface area (Å²) in [5.41, 5.74) is -2.67. The monoisotopic (exact) mass is 258 g/mol. The van der Waals surface area contributed by atoms with Crippen LogP contribution in [0.5, 0.6) is 0 Å². The van der Waals surface area contributed by atoms with Gasteiger partial charge in [0.2, 0.25) is 0 Å². The van der Waals surface area contributed by atoms with Gasteiger partial charge in [0.15, 0.2) is 5.72 Å². The molecular formula is C6H12NO8S. The zero-order chi connectivity index (χ0) is 12.6. The minimum absolute atomic E-state index is 0.471. The Bertz CT molecular complexity index is 344. The van der Waals surface area contributed by atoms with E-state index in [1.54, 1.807) is 0 Å². The number of rotatable bonds is 3. The summed E-state index contributed by atoms with van der Waals surface area (Å²) in [6, 6.07) is 0. The van der Waals surface area contributed by atoms with E-state index in [1.807, 2.05) is 0 Å². The lowest BCUT2D eigenvalue weighted by Gasteiger charge is -2.41. The number of aliphatic hydroxyl groups is 4. The average Bonchev–Trinajstić information content (AvgIpc) is 2.12. The van der Waals surface area contributed by atoms with Crippen LogP contribution in [0, 0.1) is 6.61 Å². The molecule has 0 amide bonds. The second-order valence-electron chi connectivity index (χ2n) is 3.31. The Morgan fingerprint density at radius 2 is 2.00 bits per heavy atom. The summed E-state index contributed by atoms with van der Waals surface area (Å²) >= 11 is 0. The van der Waals surface area contributed by atoms with Gasteiger partial charge < -0.3 is 25.2 Å². The lowest BCUT2D eigenvalue weighted by atomic mass is 9.96. The summed E-state index contributed by atoms with van der Waals surface area (Å²) in [4.78, 5) is 0. The van der Waals surface area contributed by atoms with Crippen LogP contribution in [-0.4, -0.2) is 64.0 Å². The smallest absolute Gasteiger partial charge is 0.335 e. The van der Waals surface area contributed by atoms with Crippen molar-refractivity contribution in [3.8, 4) is 0 Å². The molecule has 1 fully saturated rings. The molecule has 0 bridgehead atoms. The van der Waals surface area contributed by atoms with Crippen LogP contribution in [0.3, 0.4) is 0 Å². The van der Waals surface area contributed by atoms with Crippen LogP contribution in [0.25, 0.3) is 0 Å². The second kappa shape index (κ2) is 4.50. The first-order valence-corrected chi connectivity index (χ1v) is 5.59. The van der Waals surface area contributed by atoms with Crippen LogP contribution < -0.4 is 4.72 Å². The zero-order valence-electron chi connectivity index (χ0n) is 7.89. The molecule has 0 saturated carbocycles. The normalized spacial score (nSPS) is 40.9. The number of nitrogens with one attached hydrogen (secondary N) is 1. The van der Waals surface area contributed by atoms with E-state index in [-0.39, 0.29) is 0 Å². The minimum Gasteiger partial charge on any atom is -0.394 e. The highest BCUT2D eigenvalue weighted by molar-refractivity contribution is 7.83. The molecule has 1 heterocycles. The number of aliphatic hydroxyl groups excluding tert-OH is 3. The molecule has 1 radical (unpaired) electrons. The molecule has 0 aromatic rings.